The molecule has 0 aromatic heterocycles. The summed E-state index contributed by atoms with van der Waals surface area (Å²) in [6.45, 7) is -1.15. The van der Waals surface area contributed by atoms with Gasteiger partial charge in [-0.15, -0.1) is 35.3 Å². The molecular formula is C39H46N4O8S4. The number of piperazine rings is 1. The lowest BCUT2D eigenvalue weighted by Crippen LogP contribution is -2.86. The van der Waals surface area contributed by atoms with E-state index in [0.717, 1.165) is 22.3 Å². The van der Waals surface area contributed by atoms with E-state index in [9.17, 15) is 29.4 Å². The first-order valence-corrected chi connectivity index (χ1v) is 20.6. The number of hydrogen-bond donors (Lipinski definition) is 3. The number of thiol groups is 1. The first-order chi connectivity index (χ1) is 26.1. The fourth-order valence-corrected chi connectivity index (χ4v) is 13.8. The normalized spacial score (nSPS) is 28.1. The van der Waals surface area contributed by atoms with Crippen LogP contribution >= 0.6 is 47.9 Å². The Hall–Kier alpha value is -3.54. The molecule has 0 spiro atoms. The number of rotatable bonds is 13. The van der Waals surface area contributed by atoms with Gasteiger partial charge in [-0.2, -0.15) is 12.6 Å². The number of likely N-dealkylation sites (N-methyl/N-ethyl adjacent to an activating group) is 4. The molecule has 4 saturated heterocycles. The molecule has 2 N–H and O–H groups in total. The minimum atomic E-state index is -1.57. The molecule has 4 fully saturated rings. The van der Waals surface area contributed by atoms with Crippen molar-refractivity contribution in [2.24, 2.45) is 0 Å². The maximum Gasteiger partial charge on any atom is 0.262 e. The largest absolute Gasteiger partial charge is 0.497 e. The van der Waals surface area contributed by atoms with Gasteiger partial charge in [0.1, 0.15) is 16.2 Å². The van der Waals surface area contributed by atoms with E-state index in [2.05, 4.69) is 0 Å². The van der Waals surface area contributed by atoms with Gasteiger partial charge in [0, 0.05) is 41.7 Å². The molecule has 3 aromatic rings. The van der Waals surface area contributed by atoms with Crippen molar-refractivity contribution in [2.45, 2.75) is 42.0 Å². The summed E-state index contributed by atoms with van der Waals surface area (Å²) in [5.41, 5.74) is 1.58. The van der Waals surface area contributed by atoms with Crippen LogP contribution in [0.3, 0.4) is 0 Å². The third kappa shape index (κ3) is 6.36. The van der Waals surface area contributed by atoms with Gasteiger partial charge < -0.3 is 39.3 Å². The molecule has 2 bridgehead atoms. The molecule has 3 aromatic carbocycles. The Morgan fingerprint density at radius 3 is 1.76 bits per heavy atom. The van der Waals surface area contributed by atoms with Gasteiger partial charge in [-0.05, 0) is 52.9 Å². The Bertz CT molecular complexity index is 1950. The van der Waals surface area contributed by atoms with Crippen LogP contribution in [0.15, 0.2) is 72.8 Å². The van der Waals surface area contributed by atoms with Crippen molar-refractivity contribution in [3.05, 3.63) is 95.1 Å². The predicted octanol–water partition coefficient (Wildman–Crippen LogP) is 3.67. The lowest BCUT2D eigenvalue weighted by molar-refractivity contribution is -0.179. The molecule has 12 nitrogen and oxygen atoms in total. The van der Waals surface area contributed by atoms with Crippen LogP contribution in [0.4, 0.5) is 0 Å². The van der Waals surface area contributed by atoms with Crippen LogP contribution in [-0.2, 0) is 32.0 Å². The highest BCUT2D eigenvalue weighted by Crippen LogP contribution is 2.61. The van der Waals surface area contributed by atoms with E-state index in [0.29, 0.717) is 11.5 Å². The van der Waals surface area contributed by atoms with E-state index in [1.807, 2.05) is 60.7 Å². The van der Waals surface area contributed by atoms with Crippen LogP contribution < -0.4 is 9.47 Å². The molecule has 0 aliphatic carbocycles. The topological polar surface area (TPSA) is 140 Å². The van der Waals surface area contributed by atoms with Crippen LogP contribution in [0.25, 0.3) is 0 Å². The quantitative estimate of drug-likeness (QED) is 0.132. The Balaban J connectivity index is 1.35. The van der Waals surface area contributed by atoms with Crippen molar-refractivity contribution in [1.82, 2.24) is 19.6 Å². The van der Waals surface area contributed by atoms with Crippen LogP contribution in [0.1, 0.15) is 31.4 Å². The van der Waals surface area contributed by atoms with E-state index in [-0.39, 0.29) is 35.1 Å². The minimum Gasteiger partial charge on any atom is -0.497 e. The molecule has 4 aliphatic rings. The first kappa shape index (κ1) is 41.1. The van der Waals surface area contributed by atoms with Crippen molar-refractivity contribution >= 4 is 71.5 Å². The number of aliphatic hydroxyl groups excluding tert-OH is 2. The number of β-lactam (4-membered cyclic amide) rings is 1. The van der Waals surface area contributed by atoms with E-state index in [1.165, 1.54) is 61.9 Å². The third-order valence-electron chi connectivity index (χ3n) is 11.1. The molecule has 55 heavy (non-hydrogen) atoms. The maximum atomic E-state index is 14.4. The van der Waals surface area contributed by atoms with Gasteiger partial charge in [0.25, 0.3) is 17.7 Å². The van der Waals surface area contributed by atoms with Crippen LogP contribution in [-0.4, -0.2) is 136 Å². The van der Waals surface area contributed by atoms with E-state index >= 15 is 0 Å². The van der Waals surface area contributed by atoms with Gasteiger partial charge in [-0.1, -0.05) is 48.5 Å². The van der Waals surface area contributed by atoms with Gasteiger partial charge in [0.05, 0.1) is 36.6 Å². The fraction of sp³-hybridized carbons (Fsp3) is 0.436. The summed E-state index contributed by atoms with van der Waals surface area (Å²) < 4.78 is 8.31. The molecule has 4 heterocycles. The lowest BCUT2D eigenvalue weighted by atomic mass is 9.68. The second-order valence-corrected chi connectivity index (χ2v) is 19.5. The first-order valence-electron chi connectivity index (χ1n) is 17.5. The van der Waals surface area contributed by atoms with Crippen molar-refractivity contribution in [3.63, 3.8) is 0 Å². The molecular weight excluding hydrogens is 781 g/mol. The van der Waals surface area contributed by atoms with Crippen molar-refractivity contribution in [3.8, 4) is 11.5 Å². The van der Waals surface area contributed by atoms with Crippen LogP contribution in [0.2, 0.25) is 0 Å². The molecule has 6 atom stereocenters. The summed E-state index contributed by atoms with van der Waals surface area (Å²) in [6, 6.07) is 22.2. The second kappa shape index (κ2) is 15.4. The van der Waals surface area contributed by atoms with Crippen LogP contribution in [0, 0.1) is 0 Å². The van der Waals surface area contributed by atoms with E-state index in [1.54, 1.807) is 54.5 Å². The number of aliphatic hydroxyl groups is 2. The summed E-state index contributed by atoms with van der Waals surface area (Å²) in [4.78, 5) is 59.4. The average Bonchev–Trinajstić information content (AvgIpc) is 3.36. The molecule has 7 rings (SSSR count). The summed E-state index contributed by atoms with van der Waals surface area (Å²) in [6.07, 6.45) is 0.263. The number of methoxy groups -OCH3 is 2. The minimum absolute atomic E-state index is 0.101. The summed E-state index contributed by atoms with van der Waals surface area (Å²) in [5.74, 6) is -0.0373. The van der Waals surface area contributed by atoms with E-state index in [4.69, 9.17) is 22.1 Å². The summed E-state index contributed by atoms with van der Waals surface area (Å²) in [7, 11) is 11.1. The monoisotopic (exact) mass is 826 g/mol. The highest BCUT2D eigenvalue weighted by molar-refractivity contribution is 8.18. The number of fused-ring (bicyclic) bond motifs is 4. The fourth-order valence-electron chi connectivity index (χ4n) is 7.72. The number of benzene rings is 3. The van der Waals surface area contributed by atoms with Gasteiger partial charge in [-0.3, -0.25) is 19.2 Å². The number of amides is 4. The Labute approximate surface area is 339 Å². The van der Waals surface area contributed by atoms with Gasteiger partial charge >= 0.3 is 0 Å². The predicted molar refractivity (Wildman–Crippen MR) is 219 cm³/mol. The van der Waals surface area contributed by atoms with Gasteiger partial charge in [0.2, 0.25) is 5.91 Å². The summed E-state index contributed by atoms with van der Waals surface area (Å²) in [5, 5.41) is 21.6. The highest BCUT2D eigenvalue weighted by atomic mass is 32.2. The van der Waals surface area contributed by atoms with Crippen molar-refractivity contribution < 1.29 is 38.9 Å². The molecule has 294 valence electrons. The summed E-state index contributed by atoms with van der Waals surface area (Å²) >= 11 is 8.75. The van der Waals surface area contributed by atoms with Gasteiger partial charge in [0.15, 0.2) is 15.3 Å². The third-order valence-corrected chi connectivity index (χ3v) is 16.7. The van der Waals surface area contributed by atoms with Crippen molar-refractivity contribution in [1.29, 1.82) is 0 Å². The molecule has 4 aliphatic heterocycles. The molecule has 0 radical (unpaired) electrons. The number of carbonyl (C=O) groups excluding carboxylic acids is 4. The standard InChI is InChI=1S/C39H46N4O8S4/c1-40(2)32(46)36(22-44)37(33(47)41(36)3,53-30(52)26-12-16-28(50-6)17-13-26)20-24-8-10-25(11-9-24)21-38-34(48)43(5)39(23-45,35(49)42(38)4)55-31(54-38)27-14-18-29(51-7)19-15-27/h8-19,30-31,44-45,52H,20-23H2,1-7H3/t30?,31?,36-,37?,38+,39+/m1/s1. The number of nitrogens with zero attached hydrogens (tertiary/aromatic N) is 4. The zero-order valence-electron chi connectivity index (χ0n) is 31.7. The van der Waals surface area contributed by atoms with E-state index < -0.39 is 43.7 Å². The molecule has 0 saturated carbocycles. The molecule has 3 unspecified atom stereocenters. The number of likely N-dealkylation sites (tertiary alicyclic amines) is 1. The smallest absolute Gasteiger partial charge is 0.262 e. The average molecular weight is 827 g/mol. The van der Waals surface area contributed by atoms with Crippen LogP contribution in [0.5, 0.6) is 11.5 Å². The lowest BCUT2D eigenvalue weighted by Gasteiger charge is -2.62. The van der Waals surface area contributed by atoms with Gasteiger partial charge in [-0.25, -0.2) is 0 Å². The zero-order chi connectivity index (χ0) is 40.1. The molecule has 16 heteroatoms. The Morgan fingerprint density at radius 2 is 1.25 bits per heavy atom. The maximum absolute atomic E-state index is 14.4. The SMILES string of the molecule is COc1ccc(C(S)SC2(Cc3ccc(C[C@@]45SC(c6ccc(OC)cc6)S[C@@](CO)(C(=O)N4C)N(C)C5=O)cc3)C(=O)N(C)[C@]2(CO)C(=O)N(C)C)cc1. The Morgan fingerprint density at radius 1 is 0.764 bits per heavy atom. The zero-order valence-corrected chi connectivity index (χ0v) is 35.1. The van der Waals surface area contributed by atoms with Crippen molar-refractivity contribution in [2.75, 3.05) is 62.7 Å². The number of carbonyl (C=O) groups is 4. The molecule has 4 amide bonds. The Kier molecular flexibility index (Phi) is 11.5. The highest BCUT2D eigenvalue weighted by Gasteiger charge is 2.74. The number of thioether (sulfide) groups is 3. The second-order valence-electron chi connectivity index (χ2n) is 14.1. The number of hydrogen-bond acceptors (Lipinski definition) is 12. The number of ether oxygens (including phenoxy) is 2.